The predicted molar refractivity (Wildman–Crippen MR) is 88.4 cm³/mol. The number of nitrogens with zero attached hydrogens (tertiary/aromatic N) is 2. The number of sulfonamides is 1. The third-order valence-electron chi connectivity index (χ3n) is 3.17. The van der Waals surface area contributed by atoms with Gasteiger partial charge in [0.05, 0.1) is 5.75 Å². The summed E-state index contributed by atoms with van der Waals surface area (Å²) in [7, 11) is -3.60. The Balaban J connectivity index is 2.19. The number of halogens is 1. The van der Waals surface area contributed by atoms with Gasteiger partial charge >= 0.3 is 0 Å². The molecule has 0 amide bonds. The molecule has 0 aliphatic heterocycles. The molecule has 0 saturated heterocycles. The van der Waals surface area contributed by atoms with Gasteiger partial charge in [-0.15, -0.1) is 10.2 Å². The van der Waals surface area contributed by atoms with Crippen LogP contribution in [-0.4, -0.2) is 18.6 Å². The van der Waals surface area contributed by atoms with Gasteiger partial charge < -0.3 is 4.42 Å². The molecule has 0 radical (unpaired) electrons. The topological polar surface area (TPSA) is 85.1 Å². The third kappa shape index (κ3) is 5.30. The van der Waals surface area contributed by atoms with Crippen LogP contribution in [0.5, 0.6) is 0 Å². The van der Waals surface area contributed by atoms with Crippen LogP contribution in [0.25, 0.3) is 0 Å². The average molecular weight is 358 g/mol. The smallest absolute Gasteiger partial charge is 0.234 e. The van der Waals surface area contributed by atoms with Crippen LogP contribution in [0, 0.1) is 12.8 Å². The lowest BCUT2D eigenvalue weighted by Crippen LogP contribution is -2.31. The second-order valence-corrected chi connectivity index (χ2v) is 7.97. The van der Waals surface area contributed by atoms with Gasteiger partial charge in [0.25, 0.3) is 0 Å². The van der Waals surface area contributed by atoms with Crippen molar-refractivity contribution < 1.29 is 12.8 Å². The SMILES string of the molecule is Cc1nnc(C(CC(C)C)NS(=O)(=O)Cc2ccccc2Cl)o1. The van der Waals surface area contributed by atoms with Gasteiger partial charge in [0, 0.05) is 11.9 Å². The molecular formula is C15H20ClN3O3S. The van der Waals surface area contributed by atoms with Crippen LogP contribution >= 0.6 is 11.6 Å². The zero-order valence-corrected chi connectivity index (χ0v) is 14.9. The van der Waals surface area contributed by atoms with Gasteiger partial charge in [-0.2, -0.15) is 0 Å². The maximum Gasteiger partial charge on any atom is 0.234 e. The first-order valence-electron chi connectivity index (χ1n) is 7.30. The van der Waals surface area contributed by atoms with Crippen LogP contribution in [0.4, 0.5) is 0 Å². The normalized spacial score (nSPS) is 13.4. The zero-order valence-electron chi connectivity index (χ0n) is 13.3. The van der Waals surface area contributed by atoms with Crippen molar-refractivity contribution in [3.63, 3.8) is 0 Å². The summed E-state index contributed by atoms with van der Waals surface area (Å²) in [5.74, 6) is 0.738. The van der Waals surface area contributed by atoms with Crippen molar-refractivity contribution >= 4 is 21.6 Å². The van der Waals surface area contributed by atoms with E-state index in [1.54, 1.807) is 31.2 Å². The fourth-order valence-electron chi connectivity index (χ4n) is 2.20. The molecule has 1 N–H and O–H groups in total. The first-order valence-corrected chi connectivity index (χ1v) is 9.33. The van der Waals surface area contributed by atoms with E-state index in [9.17, 15) is 8.42 Å². The molecule has 0 saturated carbocycles. The van der Waals surface area contributed by atoms with E-state index in [4.69, 9.17) is 16.0 Å². The van der Waals surface area contributed by atoms with Crippen LogP contribution in [0.15, 0.2) is 28.7 Å². The molecule has 1 heterocycles. The van der Waals surface area contributed by atoms with E-state index < -0.39 is 16.1 Å². The Kier molecular flexibility index (Phi) is 5.78. The zero-order chi connectivity index (χ0) is 17.0. The summed E-state index contributed by atoms with van der Waals surface area (Å²) in [6, 6.07) is 6.32. The first kappa shape index (κ1) is 17.9. The number of benzene rings is 1. The monoisotopic (exact) mass is 357 g/mol. The summed E-state index contributed by atoms with van der Waals surface area (Å²) in [5, 5.41) is 8.13. The Hall–Kier alpha value is -1.44. The number of hydrogen-bond acceptors (Lipinski definition) is 5. The molecule has 0 bridgehead atoms. The van der Waals surface area contributed by atoms with Gasteiger partial charge in [-0.25, -0.2) is 13.1 Å². The van der Waals surface area contributed by atoms with Crippen LogP contribution in [0.3, 0.4) is 0 Å². The highest BCUT2D eigenvalue weighted by Gasteiger charge is 2.25. The largest absolute Gasteiger partial charge is 0.424 e. The van der Waals surface area contributed by atoms with Crippen LogP contribution in [-0.2, 0) is 15.8 Å². The van der Waals surface area contributed by atoms with E-state index in [2.05, 4.69) is 14.9 Å². The van der Waals surface area contributed by atoms with Crippen molar-refractivity contribution in [2.75, 3.05) is 0 Å². The summed E-state index contributed by atoms with van der Waals surface area (Å²) >= 11 is 6.04. The highest BCUT2D eigenvalue weighted by atomic mass is 35.5. The lowest BCUT2D eigenvalue weighted by Gasteiger charge is -2.17. The molecule has 1 aromatic carbocycles. The van der Waals surface area contributed by atoms with Gasteiger partial charge in [0.1, 0.15) is 6.04 Å². The number of aryl methyl sites for hydroxylation is 1. The molecule has 0 spiro atoms. The van der Waals surface area contributed by atoms with Crippen LogP contribution in [0.1, 0.15) is 43.7 Å². The van der Waals surface area contributed by atoms with Crippen molar-refractivity contribution in [3.05, 3.63) is 46.6 Å². The summed E-state index contributed by atoms with van der Waals surface area (Å²) in [5.41, 5.74) is 0.548. The lowest BCUT2D eigenvalue weighted by atomic mass is 10.0. The van der Waals surface area contributed by atoms with Crippen molar-refractivity contribution in [3.8, 4) is 0 Å². The maximum absolute atomic E-state index is 12.5. The van der Waals surface area contributed by atoms with E-state index >= 15 is 0 Å². The van der Waals surface area contributed by atoms with Gasteiger partial charge in [-0.3, -0.25) is 0 Å². The molecule has 0 aliphatic rings. The minimum absolute atomic E-state index is 0.200. The highest BCUT2D eigenvalue weighted by Crippen LogP contribution is 2.23. The van der Waals surface area contributed by atoms with E-state index in [1.165, 1.54) is 0 Å². The summed E-state index contributed by atoms with van der Waals surface area (Å²) in [6.45, 7) is 5.67. The van der Waals surface area contributed by atoms with Crippen molar-refractivity contribution in [2.24, 2.45) is 5.92 Å². The molecule has 23 heavy (non-hydrogen) atoms. The molecule has 2 aromatic rings. The van der Waals surface area contributed by atoms with Gasteiger partial charge in [0.2, 0.25) is 21.8 Å². The molecule has 6 nitrogen and oxygen atoms in total. The van der Waals surface area contributed by atoms with Gasteiger partial charge in [-0.05, 0) is 24.0 Å². The molecule has 0 fully saturated rings. The molecule has 1 unspecified atom stereocenters. The molecule has 0 aliphatic carbocycles. The van der Waals surface area contributed by atoms with Gasteiger partial charge in [-0.1, -0.05) is 43.6 Å². The Labute approximate surface area is 141 Å². The fraction of sp³-hybridized carbons (Fsp3) is 0.467. The van der Waals surface area contributed by atoms with Crippen LogP contribution < -0.4 is 4.72 Å². The standard InChI is InChI=1S/C15H20ClN3O3S/c1-10(2)8-14(15-18-17-11(3)22-15)19-23(20,21)9-12-6-4-5-7-13(12)16/h4-7,10,14,19H,8-9H2,1-3H3. The predicted octanol–water partition coefficient (Wildman–Crippen LogP) is 3.24. The average Bonchev–Trinajstić information content (AvgIpc) is 2.86. The van der Waals surface area contributed by atoms with Crippen molar-refractivity contribution in [2.45, 2.75) is 39.0 Å². The minimum atomic E-state index is -3.60. The van der Waals surface area contributed by atoms with Gasteiger partial charge in [0.15, 0.2) is 0 Å². The Bertz CT molecular complexity index is 759. The highest BCUT2D eigenvalue weighted by molar-refractivity contribution is 7.88. The summed E-state index contributed by atoms with van der Waals surface area (Å²) in [4.78, 5) is 0. The fourth-order valence-corrected chi connectivity index (χ4v) is 3.86. The first-order chi connectivity index (χ1) is 10.8. The Morgan fingerprint density at radius 2 is 1.96 bits per heavy atom. The quantitative estimate of drug-likeness (QED) is 0.822. The van der Waals surface area contributed by atoms with Crippen molar-refractivity contribution in [1.29, 1.82) is 0 Å². The maximum atomic E-state index is 12.5. The van der Waals surface area contributed by atoms with E-state index in [1.807, 2.05) is 13.8 Å². The second kappa shape index (κ2) is 7.42. The van der Waals surface area contributed by atoms with Crippen LogP contribution in [0.2, 0.25) is 5.02 Å². The molecule has 1 atom stereocenters. The summed E-state index contributed by atoms with van der Waals surface area (Å²) in [6.07, 6.45) is 0.559. The third-order valence-corrected chi connectivity index (χ3v) is 4.88. The van der Waals surface area contributed by atoms with Crippen molar-refractivity contribution in [1.82, 2.24) is 14.9 Å². The molecule has 2 rings (SSSR count). The number of aromatic nitrogens is 2. The minimum Gasteiger partial charge on any atom is -0.424 e. The van der Waals surface area contributed by atoms with E-state index in [-0.39, 0.29) is 17.6 Å². The second-order valence-electron chi connectivity index (χ2n) is 5.81. The molecule has 8 heteroatoms. The Morgan fingerprint density at radius 3 is 2.52 bits per heavy atom. The Morgan fingerprint density at radius 1 is 1.26 bits per heavy atom. The lowest BCUT2D eigenvalue weighted by molar-refractivity contribution is 0.372. The summed E-state index contributed by atoms with van der Waals surface area (Å²) < 4.78 is 33.0. The number of rotatable bonds is 7. The number of hydrogen-bond donors (Lipinski definition) is 1. The number of nitrogens with one attached hydrogen (secondary N) is 1. The van der Waals surface area contributed by atoms with E-state index in [0.717, 1.165) is 0 Å². The molecule has 126 valence electrons. The molecule has 1 aromatic heterocycles. The molecular weight excluding hydrogens is 338 g/mol. The van der Waals surface area contributed by atoms with E-state index in [0.29, 0.717) is 22.9 Å².